The van der Waals surface area contributed by atoms with E-state index in [1.54, 1.807) is 44.2 Å². The average molecular weight is 607 g/mol. The molecule has 16 heteroatoms. The van der Waals surface area contributed by atoms with Gasteiger partial charge < -0.3 is 48.7 Å². The zero-order valence-electron chi connectivity index (χ0n) is 24.4. The molecule has 0 aliphatic rings. The third-order valence-electron chi connectivity index (χ3n) is 6.21. The number of hydrogen-bond acceptors (Lipinski definition) is 8. The summed E-state index contributed by atoms with van der Waals surface area (Å²) in [7, 11) is 0. The molecule has 0 aliphatic heterocycles. The second-order valence-corrected chi connectivity index (χ2v) is 10.3. The standard InChI is InChI=1S/C27H42N8O8/c1-14(2)21(26(42)43)35-25(41)18(12-16-8-5-4-6-9-16)34-24(40)19(13-20(36)37)33-22(38)15(3)32-23(39)17(28)10-7-11-31-27(29)30/h4-6,8-9,14-15,17-19,21H,7,10-13,28H2,1-3H3,(H,32,39)(H,33,38)(H,34,40)(H,35,41)(H,36,37)(H,42,43)(H4,29,30,31). The Morgan fingerprint density at radius 3 is 1.93 bits per heavy atom. The maximum Gasteiger partial charge on any atom is 0.326 e. The predicted octanol–water partition coefficient (Wildman–Crippen LogP) is -2.22. The third kappa shape index (κ3) is 13.7. The molecule has 0 radical (unpaired) electrons. The summed E-state index contributed by atoms with van der Waals surface area (Å²) < 4.78 is 0. The minimum absolute atomic E-state index is 0.0515. The molecule has 12 N–H and O–H groups in total. The summed E-state index contributed by atoms with van der Waals surface area (Å²) >= 11 is 0. The maximum atomic E-state index is 13.2. The van der Waals surface area contributed by atoms with Crippen molar-refractivity contribution in [2.24, 2.45) is 28.1 Å². The van der Waals surface area contributed by atoms with Crippen LogP contribution in [0.15, 0.2) is 35.3 Å². The zero-order valence-corrected chi connectivity index (χ0v) is 24.4. The summed E-state index contributed by atoms with van der Waals surface area (Å²) in [5, 5.41) is 28.4. The van der Waals surface area contributed by atoms with Crippen LogP contribution in [-0.2, 0) is 35.2 Å². The Labute approximate surface area is 249 Å². The lowest BCUT2D eigenvalue weighted by Gasteiger charge is -2.26. The Hall–Kier alpha value is -4.73. The minimum atomic E-state index is -1.64. The highest BCUT2D eigenvalue weighted by Gasteiger charge is 2.32. The lowest BCUT2D eigenvalue weighted by atomic mass is 10.0. The quantitative estimate of drug-likeness (QED) is 0.0490. The molecule has 0 spiro atoms. The van der Waals surface area contributed by atoms with Crippen molar-refractivity contribution >= 4 is 41.5 Å². The molecule has 0 bridgehead atoms. The molecule has 0 saturated carbocycles. The number of nitrogens with zero attached hydrogens (tertiary/aromatic N) is 1. The highest BCUT2D eigenvalue weighted by Crippen LogP contribution is 2.08. The van der Waals surface area contributed by atoms with Crippen molar-refractivity contribution in [2.75, 3.05) is 6.54 Å². The van der Waals surface area contributed by atoms with E-state index in [2.05, 4.69) is 26.3 Å². The summed E-state index contributed by atoms with van der Waals surface area (Å²) in [5.74, 6) is -6.62. The van der Waals surface area contributed by atoms with Crippen LogP contribution in [-0.4, -0.2) is 88.5 Å². The van der Waals surface area contributed by atoms with Crippen molar-refractivity contribution < 1.29 is 39.0 Å². The van der Waals surface area contributed by atoms with Gasteiger partial charge in [0.15, 0.2) is 5.96 Å². The van der Waals surface area contributed by atoms with Crippen LogP contribution in [0, 0.1) is 5.92 Å². The van der Waals surface area contributed by atoms with Gasteiger partial charge in [-0.1, -0.05) is 44.2 Å². The summed E-state index contributed by atoms with van der Waals surface area (Å²) in [4.78, 5) is 78.5. The first kappa shape index (κ1) is 36.3. The molecule has 5 unspecified atom stereocenters. The first-order valence-corrected chi connectivity index (χ1v) is 13.6. The van der Waals surface area contributed by atoms with E-state index in [-0.39, 0.29) is 25.3 Å². The highest BCUT2D eigenvalue weighted by molar-refractivity contribution is 5.96. The van der Waals surface area contributed by atoms with Crippen LogP contribution in [0.4, 0.5) is 0 Å². The minimum Gasteiger partial charge on any atom is -0.481 e. The fourth-order valence-corrected chi connectivity index (χ4v) is 3.82. The van der Waals surface area contributed by atoms with Crippen molar-refractivity contribution in [3.8, 4) is 0 Å². The number of nitrogens with two attached hydrogens (primary N) is 3. The molecule has 0 aliphatic carbocycles. The fraction of sp³-hybridized carbons (Fsp3) is 0.519. The summed E-state index contributed by atoms with van der Waals surface area (Å²) in [6, 6.07) is 2.16. The number of carbonyl (C=O) groups excluding carboxylic acids is 4. The average Bonchev–Trinajstić information content (AvgIpc) is 2.92. The van der Waals surface area contributed by atoms with Crippen LogP contribution in [0.5, 0.6) is 0 Å². The largest absolute Gasteiger partial charge is 0.481 e. The van der Waals surface area contributed by atoms with Crippen molar-refractivity contribution in [1.29, 1.82) is 0 Å². The summed E-state index contributed by atoms with van der Waals surface area (Å²) in [6.07, 6.45) is -0.280. The van der Waals surface area contributed by atoms with Crippen LogP contribution in [0.3, 0.4) is 0 Å². The molecule has 0 aromatic heterocycles. The Balaban J connectivity index is 3.01. The van der Waals surface area contributed by atoms with Crippen LogP contribution >= 0.6 is 0 Å². The lowest BCUT2D eigenvalue weighted by Crippen LogP contribution is -2.59. The van der Waals surface area contributed by atoms with Gasteiger partial charge in [-0.25, -0.2) is 4.79 Å². The van der Waals surface area contributed by atoms with Crippen LogP contribution in [0.2, 0.25) is 0 Å². The number of amides is 4. The Morgan fingerprint density at radius 1 is 0.814 bits per heavy atom. The van der Waals surface area contributed by atoms with E-state index in [9.17, 15) is 39.0 Å². The Kier molecular flexibility index (Phi) is 15.1. The van der Waals surface area contributed by atoms with Crippen molar-refractivity contribution in [2.45, 2.75) is 76.7 Å². The van der Waals surface area contributed by atoms with Gasteiger partial charge >= 0.3 is 11.9 Å². The molecule has 1 aromatic rings. The van der Waals surface area contributed by atoms with E-state index < -0.39 is 78.1 Å². The summed E-state index contributed by atoms with van der Waals surface area (Å²) in [6.45, 7) is 4.77. The number of guanidine groups is 1. The molecule has 5 atom stereocenters. The number of aliphatic imine (C=N–C) groups is 1. The van der Waals surface area contributed by atoms with Gasteiger partial charge in [0.2, 0.25) is 23.6 Å². The second kappa shape index (κ2) is 17.9. The Morgan fingerprint density at radius 2 is 1.40 bits per heavy atom. The van der Waals surface area contributed by atoms with Crippen LogP contribution in [0.1, 0.15) is 45.6 Å². The van der Waals surface area contributed by atoms with Gasteiger partial charge in [0.1, 0.15) is 24.2 Å². The van der Waals surface area contributed by atoms with Gasteiger partial charge in [0, 0.05) is 13.0 Å². The fourth-order valence-electron chi connectivity index (χ4n) is 3.82. The van der Waals surface area contributed by atoms with Gasteiger partial charge in [0.05, 0.1) is 12.5 Å². The predicted molar refractivity (Wildman–Crippen MR) is 156 cm³/mol. The maximum absolute atomic E-state index is 13.2. The SMILES string of the molecule is CC(NC(=O)C(N)CCCN=C(N)N)C(=O)NC(CC(=O)O)C(=O)NC(Cc1ccccc1)C(=O)NC(C(=O)O)C(C)C. The highest BCUT2D eigenvalue weighted by atomic mass is 16.4. The molecule has 0 heterocycles. The summed E-state index contributed by atoms with van der Waals surface area (Å²) in [5.41, 5.74) is 17.0. The molecular weight excluding hydrogens is 564 g/mol. The number of nitrogens with one attached hydrogen (secondary N) is 4. The molecule has 0 saturated heterocycles. The van der Waals surface area contributed by atoms with Gasteiger partial charge in [-0.3, -0.25) is 29.0 Å². The van der Waals surface area contributed by atoms with E-state index in [0.717, 1.165) is 0 Å². The van der Waals surface area contributed by atoms with Gasteiger partial charge in [0.25, 0.3) is 0 Å². The molecule has 16 nitrogen and oxygen atoms in total. The van der Waals surface area contributed by atoms with E-state index in [4.69, 9.17) is 17.2 Å². The first-order chi connectivity index (χ1) is 20.1. The molecule has 0 fully saturated rings. The number of hydrogen-bond donors (Lipinski definition) is 9. The number of rotatable bonds is 18. The molecule has 1 rings (SSSR count). The van der Waals surface area contributed by atoms with Gasteiger partial charge in [-0.2, -0.15) is 0 Å². The van der Waals surface area contributed by atoms with E-state index in [1.807, 2.05) is 0 Å². The monoisotopic (exact) mass is 606 g/mol. The molecule has 4 amide bonds. The first-order valence-electron chi connectivity index (χ1n) is 13.6. The lowest BCUT2D eigenvalue weighted by molar-refractivity contribution is -0.144. The number of carbonyl (C=O) groups is 6. The molecule has 1 aromatic carbocycles. The van der Waals surface area contributed by atoms with Gasteiger partial charge in [-0.05, 0) is 31.2 Å². The Bertz CT molecular complexity index is 1160. The normalized spacial score (nSPS) is 14.3. The van der Waals surface area contributed by atoms with E-state index in [1.165, 1.54) is 6.92 Å². The number of carboxylic acids is 2. The number of aliphatic carboxylic acids is 2. The second-order valence-electron chi connectivity index (χ2n) is 10.3. The number of carboxylic acid groups (broad SMARTS) is 2. The van der Waals surface area contributed by atoms with Crippen molar-refractivity contribution in [1.82, 2.24) is 21.3 Å². The number of benzene rings is 1. The molecular formula is C27H42N8O8. The van der Waals surface area contributed by atoms with E-state index >= 15 is 0 Å². The molecule has 43 heavy (non-hydrogen) atoms. The topological polar surface area (TPSA) is 281 Å². The van der Waals surface area contributed by atoms with Crippen LogP contribution < -0.4 is 38.5 Å². The third-order valence-corrected chi connectivity index (χ3v) is 6.21. The zero-order chi connectivity index (χ0) is 32.7. The van der Waals surface area contributed by atoms with Gasteiger partial charge in [-0.15, -0.1) is 0 Å². The van der Waals surface area contributed by atoms with Crippen LogP contribution in [0.25, 0.3) is 0 Å². The van der Waals surface area contributed by atoms with Crippen molar-refractivity contribution in [3.63, 3.8) is 0 Å². The smallest absolute Gasteiger partial charge is 0.326 e. The van der Waals surface area contributed by atoms with E-state index in [0.29, 0.717) is 12.0 Å². The van der Waals surface area contributed by atoms with Crippen molar-refractivity contribution in [3.05, 3.63) is 35.9 Å². The molecule has 238 valence electrons.